The Morgan fingerprint density at radius 3 is 2.62 bits per heavy atom. The maximum atomic E-state index is 13.0. The molecule has 0 aliphatic carbocycles. The van der Waals surface area contributed by atoms with Crippen LogP contribution in [0.25, 0.3) is 0 Å². The maximum absolute atomic E-state index is 13.0. The van der Waals surface area contributed by atoms with E-state index in [4.69, 9.17) is 0 Å². The zero-order valence-electron chi connectivity index (χ0n) is 15.5. The van der Waals surface area contributed by atoms with Crippen molar-refractivity contribution in [1.82, 2.24) is 4.31 Å². The van der Waals surface area contributed by atoms with Gasteiger partial charge in [0.1, 0.15) is 10.0 Å². The third-order valence-electron chi connectivity index (χ3n) is 4.83. The highest BCUT2D eigenvalue weighted by Crippen LogP contribution is 2.28. The molecule has 2 aromatic carbocycles. The Bertz CT molecular complexity index is 1130. The van der Waals surface area contributed by atoms with Crippen molar-refractivity contribution in [3.63, 3.8) is 0 Å². The van der Waals surface area contributed by atoms with Gasteiger partial charge in [-0.2, -0.15) is 4.31 Å². The lowest BCUT2D eigenvalue weighted by atomic mass is 10.0. The van der Waals surface area contributed by atoms with Crippen molar-refractivity contribution >= 4 is 33.0 Å². The average molecular weight is 431 g/mol. The number of fused-ring (bicyclic) bond motifs is 1. The van der Waals surface area contributed by atoms with Crippen LogP contribution in [0.5, 0.6) is 0 Å². The van der Waals surface area contributed by atoms with Crippen LogP contribution in [0.2, 0.25) is 0 Å². The van der Waals surface area contributed by atoms with Gasteiger partial charge in [0, 0.05) is 18.8 Å². The summed E-state index contributed by atoms with van der Waals surface area (Å²) in [5, 5.41) is 4.59. The molecule has 2 heterocycles. The Morgan fingerprint density at radius 2 is 1.90 bits per heavy atom. The van der Waals surface area contributed by atoms with Crippen LogP contribution in [0.3, 0.4) is 0 Å². The van der Waals surface area contributed by atoms with Gasteiger partial charge in [0.2, 0.25) is 5.91 Å². The summed E-state index contributed by atoms with van der Waals surface area (Å²) in [7, 11) is -3.51. The summed E-state index contributed by atoms with van der Waals surface area (Å²) in [6.07, 6.45) is 0.764. The molecule has 0 bridgehead atoms. The maximum Gasteiger partial charge on any atom is 0.252 e. The normalized spacial score (nSPS) is 14.4. The second-order valence-electron chi connectivity index (χ2n) is 6.86. The molecule has 0 spiro atoms. The van der Waals surface area contributed by atoms with E-state index < -0.39 is 10.0 Å². The minimum atomic E-state index is -3.51. The van der Waals surface area contributed by atoms with Crippen molar-refractivity contribution in [2.75, 3.05) is 11.9 Å². The van der Waals surface area contributed by atoms with Crippen LogP contribution < -0.4 is 5.32 Å². The molecule has 4 rings (SSSR count). The molecule has 5 nitrogen and oxygen atoms in total. The molecule has 0 saturated carbocycles. The molecule has 0 radical (unpaired) electrons. The second-order valence-corrected chi connectivity index (χ2v) is 9.97. The van der Waals surface area contributed by atoms with Crippen molar-refractivity contribution in [3.05, 3.63) is 82.5 Å². The van der Waals surface area contributed by atoms with E-state index in [2.05, 4.69) is 5.32 Å². The van der Waals surface area contributed by atoms with Crippen LogP contribution in [0.15, 0.2) is 64.2 Å². The number of amides is 1. The Balaban J connectivity index is 1.47. The molecule has 1 amide bonds. The third kappa shape index (κ3) is 4.39. The number of anilines is 1. The molecular formula is C21H19FN2O3S2. The molecule has 0 saturated heterocycles. The molecule has 0 fully saturated rings. The first-order chi connectivity index (χ1) is 13.9. The van der Waals surface area contributed by atoms with Gasteiger partial charge >= 0.3 is 0 Å². The molecule has 0 unspecified atom stereocenters. The molecule has 29 heavy (non-hydrogen) atoms. The molecular weight excluding hydrogens is 411 g/mol. The fourth-order valence-corrected chi connectivity index (χ4v) is 5.91. The number of carbonyl (C=O) groups is 1. The number of nitrogens with zero attached hydrogens (tertiary/aromatic N) is 1. The quantitative estimate of drug-likeness (QED) is 0.669. The van der Waals surface area contributed by atoms with Crippen molar-refractivity contribution in [3.8, 4) is 0 Å². The number of hydrogen-bond donors (Lipinski definition) is 1. The van der Waals surface area contributed by atoms with E-state index in [1.54, 1.807) is 29.6 Å². The number of nitrogens with one attached hydrogen (secondary N) is 1. The molecule has 3 aromatic rings. The largest absolute Gasteiger partial charge is 0.326 e. The Kier molecular flexibility index (Phi) is 5.49. The standard InChI is InChI=1S/C21H19FN2O3S2/c22-18-6-3-15(4-7-18)12-20(25)23-19-8-5-16-9-10-24(14-17(16)13-19)29(26,27)21-2-1-11-28-21/h1-8,11,13H,9-10,12,14H2,(H,23,25). The summed E-state index contributed by atoms with van der Waals surface area (Å²) < 4.78 is 40.4. The number of sulfonamides is 1. The van der Waals surface area contributed by atoms with E-state index in [9.17, 15) is 17.6 Å². The minimum Gasteiger partial charge on any atom is -0.326 e. The highest BCUT2D eigenvalue weighted by molar-refractivity contribution is 7.91. The Morgan fingerprint density at radius 1 is 1.10 bits per heavy atom. The minimum absolute atomic E-state index is 0.135. The van der Waals surface area contributed by atoms with Gasteiger partial charge in [-0.3, -0.25) is 4.79 Å². The van der Waals surface area contributed by atoms with Gasteiger partial charge in [-0.1, -0.05) is 24.3 Å². The number of halogens is 1. The van der Waals surface area contributed by atoms with E-state index in [1.165, 1.54) is 27.8 Å². The van der Waals surface area contributed by atoms with Gasteiger partial charge in [0.25, 0.3) is 10.0 Å². The first kappa shape index (κ1) is 19.8. The van der Waals surface area contributed by atoms with Gasteiger partial charge in [-0.25, -0.2) is 12.8 Å². The molecule has 1 aromatic heterocycles. The fraction of sp³-hybridized carbons (Fsp3) is 0.190. The smallest absolute Gasteiger partial charge is 0.252 e. The number of thiophene rings is 1. The lowest BCUT2D eigenvalue weighted by Gasteiger charge is -2.28. The summed E-state index contributed by atoms with van der Waals surface area (Å²) in [6, 6.07) is 14.7. The summed E-state index contributed by atoms with van der Waals surface area (Å²) in [4.78, 5) is 12.3. The van der Waals surface area contributed by atoms with Crippen molar-refractivity contribution < 1.29 is 17.6 Å². The van der Waals surface area contributed by atoms with E-state index in [0.717, 1.165) is 16.7 Å². The van der Waals surface area contributed by atoms with Crippen molar-refractivity contribution in [2.45, 2.75) is 23.6 Å². The zero-order valence-corrected chi connectivity index (χ0v) is 17.1. The van der Waals surface area contributed by atoms with E-state index in [-0.39, 0.29) is 24.7 Å². The zero-order chi connectivity index (χ0) is 20.4. The van der Waals surface area contributed by atoms with Crippen LogP contribution in [0, 0.1) is 5.82 Å². The Hall–Kier alpha value is -2.55. The summed E-state index contributed by atoms with van der Waals surface area (Å²) in [5.41, 5.74) is 3.30. The van der Waals surface area contributed by atoms with Gasteiger partial charge in [0.15, 0.2) is 0 Å². The van der Waals surface area contributed by atoms with Crippen LogP contribution in [0.4, 0.5) is 10.1 Å². The highest BCUT2D eigenvalue weighted by Gasteiger charge is 2.29. The van der Waals surface area contributed by atoms with E-state index in [1.807, 2.05) is 18.2 Å². The van der Waals surface area contributed by atoms with Crippen LogP contribution in [0.1, 0.15) is 16.7 Å². The summed E-state index contributed by atoms with van der Waals surface area (Å²) in [6.45, 7) is 0.709. The first-order valence-corrected chi connectivity index (χ1v) is 11.4. The van der Waals surface area contributed by atoms with Gasteiger partial charge in [-0.15, -0.1) is 11.3 Å². The summed E-state index contributed by atoms with van der Waals surface area (Å²) in [5.74, 6) is -0.554. The lowest BCUT2D eigenvalue weighted by Crippen LogP contribution is -2.35. The first-order valence-electron chi connectivity index (χ1n) is 9.11. The van der Waals surface area contributed by atoms with E-state index in [0.29, 0.717) is 22.9 Å². The molecule has 0 atom stereocenters. The molecule has 1 N–H and O–H groups in total. The topological polar surface area (TPSA) is 66.5 Å². The van der Waals surface area contributed by atoms with Crippen molar-refractivity contribution in [1.29, 1.82) is 0 Å². The Labute approximate surface area is 172 Å². The molecule has 1 aliphatic rings. The van der Waals surface area contributed by atoms with Crippen LogP contribution >= 0.6 is 11.3 Å². The number of carbonyl (C=O) groups excluding carboxylic acids is 1. The number of benzene rings is 2. The van der Waals surface area contributed by atoms with Gasteiger partial charge in [0.05, 0.1) is 6.42 Å². The van der Waals surface area contributed by atoms with Crippen LogP contribution in [-0.4, -0.2) is 25.2 Å². The second kappa shape index (κ2) is 8.06. The fourth-order valence-electron chi connectivity index (χ4n) is 3.34. The monoisotopic (exact) mass is 430 g/mol. The predicted molar refractivity (Wildman–Crippen MR) is 111 cm³/mol. The van der Waals surface area contributed by atoms with Gasteiger partial charge < -0.3 is 5.32 Å². The third-order valence-corrected chi connectivity index (χ3v) is 8.05. The van der Waals surface area contributed by atoms with Gasteiger partial charge in [-0.05, 0) is 58.8 Å². The predicted octanol–water partition coefficient (Wildman–Crippen LogP) is 3.82. The molecule has 8 heteroatoms. The molecule has 150 valence electrons. The van der Waals surface area contributed by atoms with Crippen LogP contribution in [-0.2, 0) is 34.2 Å². The summed E-state index contributed by atoms with van der Waals surface area (Å²) >= 11 is 1.21. The van der Waals surface area contributed by atoms with Crippen molar-refractivity contribution in [2.24, 2.45) is 0 Å². The highest BCUT2D eigenvalue weighted by atomic mass is 32.2. The lowest BCUT2D eigenvalue weighted by molar-refractivity contribution is -0.115. The number of rotatable bonds is 5. The molecule has 1 aliphatic heterocycles. The average Bonchev–Trinajstić information content (AvgIpc) is 3.25. The van der Waals surface area contributed by atoms with E-state index >= 15 is 0 Å². The SMILES string of the molecule is O=C(Cc1ccc(F)cc1)Nc1ccc2c(c1)CN(S(=O)(=O)c1cccs1)CC2. The number of hydrogen-bond acceptors (Lipinski definition) is 4.